The Labute approximate surface area is 152 Å². The van der Waals surface area contributed by atoms with E-state index in [2.05, 4.69) is 4.98 Å². The van der Waals surface area contributed by atoms with Crippen LogP contribution in [0.1, 0.15) is 37.8 Å². The Hall–Kier alpha value is -2.83. The van der Waals surface area contributed by atoms with E-state index in [9.17, 15) is 14.4 Å². The van der Waals surface area contributed by atoms with Crippen LogP contribution in [0, 0.1) is 6.92 Å². The standard InChI is InChI=1S/C19H26N4O3/c1-4-6-11-23-17(20)16(18(25)21-19(23)26)22(5-2)15(24)12-14-9-7-13(3)8-10-14/h7-10H,4-6,11-12,20H2,1-3H3,(H,21,25,26). The summed E-state index contributed by atoms with van der Waals surface area (Å²) in [5.41, 5.74) is 6.92. The van der Waals surface area contributed by atoms with Gasteiger partial charge in [-0.15, -0.1) is 0 Å². The van der Waals surface area contributed by atoms with Crippen LogP contribution in [-0.4, -0.2) is 22.0 Å². The van der Waals surface area contributed by atoms with Crippen molar-refractivity contribution in [3.63, 3.8) is 0 Å². The summed E-state index contributed by atoms with van der Waals surface area (Å²) >= 11 is 0. The van der Waals surface area contributed by atoms with E-state index in [1.165, 1.54) is 9.47 Å². The minimum atomic E-state index is -0.639. The molecule has 0 unspecified atom stereocenters. The van der Waals surface area contributed by atoms with Crippen LogP contribution < -0.4 is 21.9 Å². The summed E-state index contributed by atoms with van der Waals surface area (Å²) in [6, 6.07) is 7.64. The zero-order chi connectivity index (χ0) is 19.3. The number of H-pyrrole nitrogens is 1. The second-order valence-electron chi connectivity index (χ2n) is 6.30. The molecule has 3 N–H and O–H groups in total. The summed E-state index contributed by atoms with van der Waals surface area (Å²) < 4.78 is 1.32. The quantitative estimate of drug-likeness (QED) is 0.788. The highest BCUT2D eigenvalue weighted by atomic mass is 16.2. The third-order valence-corrected chi connectivity index (χ3v) is 4.31. The van der Waals surface area contributed by atoms with E-state index in [0.29, 0.717) is 6.54 Å². The molecular formula is C19H26N4O3. The van der Waals surface area contributed by atoms with Crippen LogP contribution in [0.5, 0.6) is 0 Å². The maximum atomic E-state index is 12.8. The number of nitrogens with zero attached hydrogens (tertiary/aromatic N) is 2. The van der Waals surface area contributed by atoms with Gasteiger partial charge in [0.1, 0.15) is 5.82 Å². The summed E-state index contributed by atoms with van der Waals surface area (Å²) in [6.07, 6.45) is 1.78. The number of amides is 1. The highest BCUT2D eigenvalue weighted by Gasteiger charge is 2.22. The molecule has 0 aliphatic rings. The van der Waals surface area contributed by atoms with Crippen LogP contribution in [0.2, 0.25) is 0 Å². The van der Waals surface area contributed by atoms with Crippen LogP contribution in [0.3, 0.4) is 0 Å². The van der Waals surface area contributed by atoms with Gasteiger partial charge >= 0.3 is 5.69 Å². The summed E-state index contributed by atoms with van der Waals surface area (Å²) in [5, 5.41) is 0. The van der Waals surface area contributed by atoms with Gasteiger partial charge < -0.3 is 10.6 Å². The monoisotopic (exact) mass is 358 g/mol. The van der Waals surface area contributed by atoms with Crippen LogP contribution in [0.25, 0.3) is 0 Å². The molecule has 2 aromatic rings. The lowest BCUT2D eigenvalue weighted by Gasteiger charge is -2.23. The molecule has 0 atom stereocenters. The van der Waals surface area contributed by atoms with E-state index in [4.69, 9.17) is 5.73 Å². The maximum absolute atomic E-state index is 12.8. The fourth-order valence-electron chi connectivity index (χ4n) is 2.81. The second-order valence-corrected chi connectivity index (χ2v) is 6.30. The fourth-order valence-corrected chi connectivity index (χ4v) is 2.81. The predicted molar refractivity (Wildman–Crippen MR) is 104 cm³/mol. The molecule has 0 radical (unpaired) electrons. The van der Waals surface area contributed by atoms with Crippen molar-refractivity contribution >= 4 is 17.4 Å². The van der Waals surface area contributed by atoms with Gasteiger partial charge in [0.15, 0.2) is 5.69 Å². The van der Waals surface area contributed by atoms with Gasteiger partial charge in [-0.1, -0.05) is 43.2 Å². The lowest BCUT2D eigenvalue weighted by atomic mass is 10.1. The Morgan fingerprint density at radius 2 is 1.85 bits per heavy atom. The van der Waals surface area contributed by atoms with Crippen molar-refractivity contribution in [3.8, 4) is 0 Å². The largest absolute Gasteiger partial charge is 0.383 e. The SMILES string of the molecule is CCCCn1c(N)c(N(CC)C(=O)Cc2ccc(C)cc2)c(=O)[nH]c1=O. The number of nitrogens with two attached hydrogens (primary N) is 1. The molecule has 0 saturated carbocycles. The Morgan fingerprint density at radius 3 is 2.42 bits per heavy atom. The fraction of sp³-hybridized carbons (Fsp3) is 0.421. The third kappa shape index (κ3) is 4.22. The molecule has 140 valence electrons. The minimum Gasteiger partial charge on any atom is -0.383 e. The van der Waals surface area contributed by atoms with Crippen molar-refractivity contribution in [1.82, 2.24) is 9.55 Å². The Bertz CT molecular complexity index is 881. The minimum absolute atomic E-state index is 0.0336. The zero-order valence-electron chi connectivity index (χ0n) is 15.5. The van der Waals surface area contributed by atoms with Crippen LogP contribution >= 0.6 is 0 Å². The molecule has 0 aliphatic carbocycles. The maximum Gasteiger partial charge on any atom is 0.330 e. The van der Waals surface area contributed by atoms with E-state index in [1.54, 1.807) is 6.92 Å². The molecule has 0 saturated heterocycles. The summed E-state index contributed by atoms with van der Waals surface area (Å²) in [7, 11) is 0. The second kappa shape index (κ2) is 8.51. The van der Waals surface area contributed by atoms with Gasteiger partial charge in [-0.2, -0.15) is 0 Å². The predicted octanol–water partition coefficient (Wildman–Crippen LogP) is 1.82. The van der Waals surface area contributed by atoms with Crippen LogP contribution in [0.15, 0.2) is 33.9 Å². The molecule has 1 aromatic carbocycles. The number of unbranched alkanes of at least 4 members (excludes halogenated alkanes) is 1. The number of aromatic amines is 1. The van der Waals surface area contributed by atoms with Crippen LogP contribution in [0.4, 0.5) is 11.5 Å². The number of hydrogen-bond donors (Lipinski definition) is 2. The lowest BCUT2D eigenvalue weighted by molar-refractivity contribution is -0.117. The van der Waals surface area contributed by atoms with Crippen molar-refractivity contribution in [2.24, 2.45) is 0 Å². The Morgan fingerprint density at radius 1 is 1.19 bits per heavy atom. The highest BCUT2D eigenvalue weighted by Crippen LogP contribution is 2.18. The first kappa shape index (κ1) is 19.5. The van der Waals surface area contributed by atoms with Crippen molar-refractivity contribution in [3.05, 3.63) is 56.2 Å². The zero-order valence-corrected chi connectivity index (χ0v) is 15.5. The Balaban J connectivity index is 2.39. The van der Waals surface area contributed by atoms with E-state index in [0.717, 1.165) is 24.0 Å². The first-order chi connectivity index (χ1) is 12.4. The summed E-state index contributed by atoms with van der Waals surface area (Å²) in [6.45, 7) is 6.42. The van der Waals surface area contributed by atoms with Crippen molar-refractivity contribution in [1.29, 1.82) is 0 Å². The van der Waals surface area contributed by atoms with Gasteiger partial charge in [0.25, 0.3) is 5.56 Å². The highest BCUT2D eigenvalue weighted by molar-refractivity contribution is 5.96. The van der Waals surface area contributed by atoms with Gasteiger partial charge in [0, 0.05) is 13.1 Å². The molecule has 26 heavy (non-hydrogen) atoms. The number of aryl methyl sites for hydroxylation is 1. The number of rotatable bonds is 7. The molecule has 1 aromatic heterocycles. The number of nitrogen functional groups attached to an aromatic ring is 1. The molecule has 0 spiro atoms. The number of likely N-dealkylation sites (N-methyl/N-ethyl adjacent to an activating group) is 1. The number of aromatic nitrogens is 2. The van der Waals surface area contributed by atoms with Gasteiger partial charge in [-0.05, 0) is 25.8 Å². The number of benzene rings is 1. The van der Waals surface area contributed by atoms with Crippen LogP contribution in [-0.2, 0) is 17.8 Å². The molecule has 2 rings (SSSR count). The van der Waals surface area contributed by atoms with Gasteiger partial charge in [0.2, 0.25) is 5.91 Å². The first-order valence-corrected chi connectivity index (χ1v) is 8.87. The number of nitrogens with one attached hydrogen (secondary N) is 1. The molecular weight excluding hydrogens is 332 g/mol. The molecule has 0 fully saturated rings. The van der Waals surface area contributed by atoms with Crippen molar-refractivity contribution in [2.75, 3.05) is 17.2 Å². The molecule has 7 heteroatoms. The topological polar surface area (TPSA) is 101 Å². The van der Waals surface area contributed by atoms with Gasteiger partial charge in [-0.3, -0.25) is 19.1 Å². The summed E-state index contributed by atoms with van der Waals surface area (Å²) in [4.78, 5) is 40.8. The molecule has 1 heterocycles. The molecule has 0 bridgehead atoms. The summed E-state index contributed by atoms with van der Waals surface area (Å²) in [5.74, 6) is -0.208. The van der Waals surface area contributed by atoms with E-state index >= 15 is 0 Å². The van der Waals surface area contributed by atoms with Gasteiger partial charge in [-0.25, -0.2) is 4.79 Å². The van der Waals surface area contributed by atoms with E-state index in [1.807, 2.05) is 38.1 Å². The normalized spacial score (nSPS) is 10.7. The number of hydrogen-bond acceptors (Lipinski definition) is 4. The third-order valence-electron chi connectivity index (χ3n) is 4.31. The number of anilines is 2. The van der Waals surface area contributed by atoms with Crippen molar-refractivity contribution < 1.29 is 4.79 Å². The lowest BCUT2D eigenvalue weighted by Crippen LogP contribution is -2.41. The molecule has 7 nitrogen and oxygen atoms in total. The molecule has 1 amide bonds. The Kier molecular flexibility index (Phi) is 6.38. The average Bonchev–Trinajstić information content (AvgIpc) is 2.60. The van der Waals surface area contributed by atoms with Gasteiger partial charge in [0.05, 0.1) is 6.42 Å². The average molecular weight is 358 g/mol. The van der Waals surface area contributed by atoms with E-state index < -0.39 is 11.2 Å². The van der Waals surface area contributed by atoms with E-state index in [-0.39, 0.29) is 30.4 Å². The smallest absolute Gasteiger partial charge is 0.330 e. The number of carbonyl (C=O) groups excluding carboxylic acids is 1. The first-order valence-electron chi connectivity index (χ1n) is 8.87. The molecule has 0 aliphatic heterocycles. The number of carbonyl (C=O) groups is 1. The van der Waals surface area contributed by atoms with Crippen molar-refractivity contribution in [2.45, 2.75) is 46.6 Å².